The molecule has 3 aromatic rings. The lowest BCUT2D eigenvalue weighted by molar-refractivity contribution is -0.784. The number of tetrazole rings is 1. The highest BCUT2D eigenvalue weighted by atomic mass is 16.6. The molecule has 0 fully saturated rings. The van der Waals surface area contributed by atoms with Crippen LogP contribution in [0.5, 0.6) is 0 Å². The molecular formula is C14H12N5O2+. The van der Waals surface area contributed by atoms with Crippen molar-refractivity contribution in [2.24, 2.45) is 7.05 Å². The quantitative estimate of drug-likeness (QED) is 0.416. The fourth-order valence-corrected chi connectivity index (χ4v) is 2.03. The Bertz CT molecular complexity index is 781. The third-order valence-corrected chi connectivity index (χ3v) is 3.00. The Balaban J connectivity index is 2.09. The van der Waals surface area contributed by atoms with E-state index in [2.05, 4.69) is 10.3 Å². The standard InChI is InChI=1S/C14H12N5O2/c1-17-15-14(11-5-3-2-4-6-11)18(16-17)12-7-9-13(10-8-12)19(20)21/h2-10H,1H3/q+1. The molecule has 0 bridgehead atoms. The summed E-state index contributed by atoms with van der Waals surface area (Å²) < 4.78 is 1.65. The van der Waals surface area contributed by atoms with Gasteiger partial charge in [-0.2, -0.15) is 0 Å². The molecule has 0 saturated heterocycles. The maximum Gasteiger partial charge on any atom is 0.295 e. The van der Waals surface area contributed by atoms with Gasteiger partial charge in [-0.25, -0.2) is 0 Å². The highest BCUT2D eigenvalue weighted by Gasteiger charge is 2.20. The van der Waals surface area contributed by atoms with Gasteiger partial charge in [0.05, 0.1) is 4.92 Å². The van der Waals surface area contributed by atoms with Gasteiger partial charge in [-0.1, -0.05) is 22.9 Å². The predicted octanol–water partition coefficient (Wildman–Crippen LogP) is 1.67. The molecular weight excluding hydrogens is 270 g/mol. The number of aryl methyl sites for hydroxylation is 1. The first kappa shape index (κ1) is 12.9. The van der Waals surface area contributed by atoms with Crippen molar-refractivity contribution < 1.29 is 9.72 Å². The molecule has 0 aliphatic heterocycles. The van der Waals surface area contributed by atoms with Crippen molar-refractivity contribution in [2.45, 2.75) is 0 Å². The number of hydrogen-bond donors (Lipinski definition) is 0. The van der Waals surface area contributed by atoms with Gasteiger partial charge in [0.2, 0.25) is 0 Å². The van der Waals surface area contributed by atoms with Crippen LogP contribution in [0.3, 0.4) is 0 Å². The van der Waals surface area contributed by atoms with Crippen LogP contribution in [0.1, 0.15) is 0 Å². The zero-order valence-electron chi connectivity index (χ0n) is 11.2. The number of nitro groups is 1. The molecule has 0 saturated carbocycles. The second kappa shape index (κ2) is 5.12. The van der Waals surface area contributed by atoms with Gasteiger partial charge in [-0.15, -0.1) is 0 Å². The van der Waals surface area contributed by atoms with E-state index in [0.29, 0.717) is 11.5 Å². The summed E-state index contributed by atoms with van der Waals surface area (Å²) in [6.07, 6.45) is 0. The molecule has 0 aliphatic carbocycles. The Morgan fingerprint density at radius 2 is 1.76 bits per heavy atom. The van der Waals surface area contributed by atoms with Crippen molar-refractivity contribution in [1.82, 2.24) is 15.0 Å². The van der Waals surface area contributed by atoms with Crippen molar-refractivity contribution in [3.63, 3.8) is 0 Å². The smallest absolute Gasteiger partial charge is 0.258 e. The van der Waals surface area contributed by atoms with Crippen LogP contribution >= 0.6 is 0 Å². The Morgan fingerprint density at radius 1 is 1.10 bits per heavy atom. The number of benzene rings is 2. The fraction of sp³-hybridized carbons (Fsp3) is 0.0714. The van der Waals surface area contributed by atoms with Crippen LogP contribution in [0, 0.1) is 10.1 Å². The van der Waals surface area contributed by atoms with E-state index in [1.807, 2.05) is 30.3 Å². The molecule has 0 unspecified atom stereocenters. The Hall–Kier alpha value is -3.09. The Morgan fingerprint density at radius 3 is 2.38 bits per heavy atom. The molecule has 104 valence electrons. The zero-order chi connectivity index (χ0) is 14.8. The molecule has 0 atom stereocenters. The van der Waals surface area contributed by atoms with E-state index in [-0.39, 0.29) is 5.69 Å². The molecule has 1 heterocycles. The van der Waals surface area contributed by atoms with Crippen LogP contribution < -0.4 is 4.80 Å². The highest BCUT2D eigenvalue weighted by Crippen LogP contribution is 2.20. The zero-order valence-corrected chi connectivity index (χ0v) is 11.2. The van der Waals surface area contributed by atoms with Gasteiger partial charge in [-0.05, 0) is 34.2 Å². The summed E-state index contributed by atoms with van der Waals surface area (Å²) in [5.41, 5.74) is 1.68. The number of non-ortho nitro benzene ring substituents is 1. The molecule has 7 heteroatoms. The fourth-order valence-electron chi connectivity index (χ4n) is 2.03. The van der Waals surface area contributed by atoms with Gasteiger partial charge in [0.15, 0.2) is 5.69 Å². The van der Waals surface area contributed by atoms with Gasteiger partial charge >= 0.3 is 0 Å². The first-order valence-corrected chi connectivity index (χ1v) is 6.29. The van der Waals surface area contributed by atoms with E-state index in [1.165, 1.54) is 16.9 Å². The van der Waals surface area contributed by atoms with Crippen molar-refractivity contribution >= 4 is 5.69 Å². The van der Waals surface area contributed by atoms with E-state index in [9.17, 15) is 10.1 Å². The van der Waals surface area contributed by atoms with Crippen molar-refractivity contribution in [2.75, 3.05) is 0 Å². The average Bonchev–Trinajstić information content (AvgIpc) is 2.90. The normalized spacial score (nSPS) is 10.5. The maximum absolute atomic E-state index is 10.7. The summed E-state index contributed by atoms with van der Waals surface area (Å²) in [5, 5.41) is 19.3. The summed E-state index contributed by atoms with van der Waals surface area (Å²) in [6.45, 7) is 0. The number of nitro benzene ring substituents is 1. The SMILES string of the molecule is C[n+]1nc(-c2ccccc2)n(-c2ccc([N+](=O)[O-])cc2)n1. The largest absolute Gasteiger partial charge is 0.295 e. The second-order valence-electron chi connectivity index (χ2n) is 4.45. The second-order valence-corrected chi connectivity index (χ2v) is 4.45. The third-order valence-electron chi connectivity index (χ3n) is 3.00. The molecule has 0 aliphatic rings. The summed E-state index contributed by atoms with van der Waals surface area (Å²) in [4.78, 5) is 11.7. The van der Waals surface area contributed by atoms with Crippen molar-refractivity contribution in [1.29, 1.82) is 0 Å². The lowest BCUT2D eigenvalue weighted by Crippen LogP contribution is -2.34. The number of aromatic nitrogens is 4. The van der Waals surface area contributed by atoms with Gasteiger partial charge in [0.1, 0.15) is 12.3 Å². The van der Waals surface area contributed by atoms with Crippen LogP contribution in [0.2, 0.25) is 0 Å². The number of rotatable bonds is 3. The van der Waals surface area contributed by atoms with Crippen LogP contribution in [0.15, 0.2) is 54.6 Å². The topological polar surface area (TPSA) is 77.7 Å². The summed E-state index contributed by atoms with van der Waals surface area (Å²) >= 11 is 0. The third kappa shape index (κ3) is 2.48. The van der Waals surface area contributed by atoms with Crippen molar-refractivity contribution in [3.05, 3.63) is 64.7 Å². The molecule has 3 rings (SSSR count). The first-order valence-electron chi connectivity index (χ1n) is 6.29. The number of hydrogen-bond acceptors (Lipinski definition) is 4. The average molecular weight is 282 g/mol. The molecule has 0 radical (unpaired) electrons. The van der Waals surface area contributed by atoms with E-state index >= 15 is 0 Å². The Kier molecular flexibility index (Phi) is 3.15. The minimum atomic E-state index is -0.427. The van der Waals surface area contributed by atoms with Crippen molar-refractivity contribution in [3.8, 4) is 17.1 Å². The van der Waals surface area contributed by atoms with Gasteiger partial charge in [0.25, 0.3) is 11.5 Å². The molecule has 1 aromatic heterocycles. The molecule has 0 spiro atoms. The number of nitrogens with zero attached hydrogens (tertiary/aromatic N) is 5. The minimum Gasteiger partial charge on any atom is -0.258 e. The summed E-state index contributed by atoms with van der Waals surface area (Å²) in [6, 6.07) is 15.8. The van der Waals surface area contributed by atoms with Gasteiger partial charge in [-0.3, -0.25) is 10.1 Å². The lowest BCUT2D eigenvalue weighted by atomic mass is 10.2. The van der Waals surface area contributed by atoms with E-state index in [4.69, 9.17) is 0 Å². The summed E-state index contributed by atoms with van der Waals surface area (Å²) in [7, 11) is 1.73. The van der Waals surface area contributed by atoms with Crippen LogP contribution in [-0.2, 0) is 7.05 Å². The van der Waals surface area contributed by atoms with Crippen LogP contribution in [-0.4, -0.2) is 19.9 Å². The van der Waals surface area contributed by atoms with E-state index < -0.39 is 4.92 Å². The lowest BCUT2D eigenvalue weighted by Gasteiger charge is -1.97. The predicted molar refractivity (Wildman–Crippen MR) is 74.6 cm³/mol. The minimum absolute atomic E-state index is 0.0458. The molecule has 7 nitrogen and oxygen atoms in total. The van der Waals surface area contributed by atoms with Crippen LogP contribution in [0.25, 0.3) is 17.1 Å². The highest BCUT2D eigenvalue weighted by molar-refractivity contribution is 5.57. The molecule has 0 amide bonds. The Labute approximate surface area is 120 Å². The van der Waals surface area contributed by atoms with Gasteiger partial charge < -0.3 is 0 Å². The van der Waals surface area contributed by atoms with Crippen LogP contribution in [0.4, 0.5) is 5.69 Å². The van der Waals surface area contributed by atoms with E-state index in [1.54, 1.807) is 23.9 Å². The van der Waals surface area contributed by atoms with Gasteiger partial charge in [0, 0.05) is 17.7 Å². The maximum atomic E-state index is 10.7. The molecule has 0 N–H and O–H groups in total. The van der Waals surface area contributed by atoms with E-state index in [0.717, 1.165) is 5.56 Å². The summed E-state index contributed by atoms with van der Waals surface area (Å²) in [5.74, 6) is 0.673. The molecule has 21 heavy (non-hydrogen) atoms. The monoisotopic (exact) mass is 282 g/mol. The molecule has 2 aromatic carbocycles. The first-order chi connectivity index (χ1) is 10.1.